The second-order valence-corrected chi connectivity index (χ2v) is 10.3. The SMILES string of the molecule is CN(C)S(=O)(=O)N1CCN(c2ncc(-c3ccsc3)c(-c3nccs3)n2)CC1. The predicted molar refractivity (Wildman–Crippen MR) is 113 cm³/mol. The molecule has 8 nitrogen and oxygen atoms in total. The van der Waals surface area contributed by atoms with Gasteiger partial charge in [-0.3, -0.25) is 0 Å². The number of aromatic nitrogens is 3. The minimum Gasteiger partial charge on any atom is -0.338 e. The second-order valence-electron chi connectivity index (χ2n) is 6.46. The molecule has 1 aliphatic heterocycles. The molecule has 0 saturated carbocycles. The molecule has 1 fully saturated rings. The fourth-order valence-electron chi connectivity index (χ4n) is 3.01. The van der Waals surface area contributed by atoms with E-state index in [1.54, 1.807) is 43.0 Å². The van der Waals surface area contributed by atoms with Crippen molar-refractivity contribution in [3.8, 4) is 21.8 Å². The largest absolute Gasteiger partial charge is 0.338 e. The van der Waals surface area contributed by atoms with Crippen LogP contribution in [0, 0.1) is 0 Å². The maximum atomic E-state index is 12.3. The summed E-state index contributed by atoms with van der Waals surface area (Å²) < 4.78 is 27.4. The molecule has 28 heavy (non-hydrogen) atoms. The zero-order valence-corrected chi connectivity index (χ0v) is 18.0. The zero-order chi connectivity index (χ0) is 19.7. The van der Waals surface area contributed by atoms with Gasteiger partial charge in [0.05, 0.1) is 0 Å². The van der Waals surface area contributed by atoms with Crippen LogP contribution in [0.5, 0.6) is 0 Å². The average Bonchev–Trinajstić information content (AvgIpc) is 3.41. The van der Waals surface area contributed by atoms with E-state index in [2.05, 4.69) is 15.3 Å². The van der Waals surface area contributed by atoms with Crippen molar-refractivity contribution in [1.29, 1.82) is 0 Å². The van der Waals surface area contributed by atoms with Crippen LogP contribution in [0.1, 0.15) is 0 Å². The Morgan fingerprint density at radius 2 is 1.89 bits per heavy atom. The Hall–Kier alpha value is -1.92. The average molecular weight is 437 g/mol. The van der Waals surface area contributed by atoms with Crippen molar-refractivity contribution in [2.45, 2.75) is 0 Å². The van der Waals surface area contributed by atoms with Gasteiger partial charge in [-0.25, -0.2) is 15.0 Å². The maximum Gasteiger partial charge on any atom is 0.281 e. The zero-order valence-electron chi connectivity index (χ0n) is 15.5. The van der Waals surface area contributed by atoms with E-state index in [1.807, 2.05) is 27.9 Å². The molecule has 0 N–H and O–H groups in total. The molecule has 0 aliphatic carbocycles. The standard InChI is InChI=1S/C17H20N6O2S3/c1-21(2)28(24,25)23-7-5-22(6-8-23)17-19-11-14(13-3-9-26-12-13)15(20-17)16-18-4-10-27-16/h3-4,9-12H,5-8H2,1-2H3. The Morgan fingerprint density at radius 3 is 2.50 bits per heavy atom. The molecular weight excluding hydrogens is 416 g/mol. The number of anilines is 1. The highest BCUT2D eigenvalue weighted by Gasteiger charge is 2.29. The summed E-state index contributed by atoms with van der Waals surface area (Å²) in [6, 6.07) is 2.05. The molecular formula is C17H20N6O2S3. The third kappa shape index (κ3) is 3.67. The molecule has 11 heteroatoms. The Bertz CT molecular complexity index is 1030. The van der Waals surface area contributed by atoms with Crippen molar-refractivity contribution in [2.75, 3.05) is 45.2 Å². The molecule has 0 bridgehead atoms. The molecule has 1 aliphatic rings. The Morgan fingerprint density at radius 1 is 1.11 bits per heavy atom. The van der Waals surface area contributed by atoms with Gasteiger partial charge in [0, 0.05) is 63.6 Å². The number of thiazole rings is 1. The molecule has 3 aromatic heterocycles. The normalized spacial score (nSPS) is 16.0. The number of nitrogens with zero attached hydrogens (tertiary/aromatic N) is 6. The fraction of sp³-hybridized carbons (Fsp3) is 0.353. The van der Waals surface area contributed by atoms with Crippen molar-refractivity contribution in [3.05, 3.63) is 34.6 Å². The van der Waals surface area contributed by atoms with Gasteiger partial charge in [-0.2, -0.15) is 28.4 Å². The van der Waals surface area contributed by atoms with E-state index in [4.69, 9.17) is 4.98 Å². The summed E-state index contributed by atoms with van der Waals surface area (Å²) in [6.07, 6.45) is 3.61. The highest BCUT2D eigenvalue weighted by atomic mass is 32.2. The van der Waals surface area contributed by atoms with Crippen LogP contribution in [-0.4, -0.2) is 72.3 Å². The highest BCUT2D eigenvalue weighted by molar-refractivity contribution is 7.86. The first-order valence-electron chi connectivity index (χ1n) is 8.69. The van der Waals surface area contributed by atoms with Crippen molar-refractivity contribution < 1.29 is 8.42 Å². The van der Waals surface area contributed by atoms with Gasteiger partial charge in [0.25, 0.3) is 10.2 Å². The second kappa shape index (κ2) is 7.84. The lowest BCUT2D eigenvalue weighted by atomic mass is 10.1. The third-order valence-electron chi connectivity index (χ3n) is 4.55. The molecule has 4 heterocycles. The lowest BCUT2D eigenvalue weighted by molar-refractivity contribution is 0.354. The summed E-state index contributed by atoms with van der Waals surface area (Å²) in [7, 11) is -0.294. The van der Waals surface area contributed by atoms with E-state index in [-0.39, 0.29) is 0 Å². The van der Waals surface area contributed by atoms with Gasteiger partial charge >= 0.3 is 0 Å². The molecule has 0 amide bonds. The van der Waals surface area contributed by atoms with Gasteiger partial charge in [-0.15, -0.1) is 11.3 Å². The van der Waals surface area contributed by atoms with E-state index >= 15 is 0 Å². The van der Waals surface area contributed by atoms with E-state index in [9.17, 15) is 8.42 Å². The number of piperazine rings is 1. The maximum absolute atomic E-state index is 12.3. The van der Waals surface area contributed by atoms with Crippen LogP contribution in [0.25, 0.3) is 21.8 Å². The van der Waals surface area contributed by atoms with Crippen molar-refractivity contribution >= 4 is 38.8 Å². The summed E-state index contributed by atoms with van der Waals surface area (Å²) >= 11 is 3.17. The first kappa shape index (κ1) is 19.4. The van der Waals surface area contributed by atoms with E-state index in [1.165, 1.54) is 8.61 Å². The molecule has 148 valence electrons. The number of thiophene rings is 1. The summed E-state index contributed by atoms with van der Waals surface area (Å²) in [5, 5.41) is 6.87. The van der Waals surface area contributed by atoms with Crippen LogP contribution >= 0.6 is 22.7 Å². The van der Waals surface area contributed by atoms with Crippen LogP contribution in [0.3, 0.4) is 0 Å². The minimum atomic E-state index is -3.39. The summed E-state index contributed by atoms with van der Waals surface area (Å²) in [5.41, 5.74) is 2.83. The number of hydrogen-bond acceptors (Lipinski definition) is 8. The molecule has 3 aromatic rings. The summed E-state index contributed by atoms with van der Waals surface area (Å²) in [4.78, 5) is 15.8. The van der Waals surface area contributed by atoms with Crippen molar-refractivity contribution in [2.24, 2.45) is 0 Å². The molecule has 0 unspecified atom stereocenters. The summed E-state index contributed by atoms with van der Waals surface area (Å²) in [6.45, 7) is 1.90. The van der Waals surface area contributed by atoms with Crippen LogP contribution in [-0.2, 0) is 10.2 Å². The van der Waals surface area contributed by atoms with Crippen molar-refractivity contribution in [1.82, 2.24) is 23.6 Å². The smallest absolute Gasteiger partial charge is 0.281 e. The fourth-order valence-corrected chi connectivity index (χ4v) is 5.39. The van der Waals surface area contributed by atoms with Crippen LogP contribution in [0.4, 0.5) is 5.95 Å². The third-order valence-corrected chi connectivity index (χ3v) is 7.96. The predicted octanol–water partition coefficient (Wildman–Crippen LogP) is 2.26. The first-order valence-corrected chi connectivity index (χ1v) is 11.9. The van der Waals surface area contributed by atoms with Crippen LogP contribution in [0.15, 0.2) is 34.6 Å². The van der Waals surface area contributed by atoms with Gasteiger partial charge in [0.1, 0.15) is 10.7 Å². The van der Waals surface area contributed by atoms with E-state index in [0.29, 0.717) is 32.1 Å². The van der Waals surface area contributed by atoms with Gasteiger partial charge in [-0.05, 0) is 22.4 Å². The molecule has 4 rings (SSSR count). The van der Waals surface area contributed by atoms with Gasteiger partial charge < -0.3 is 4.90 Å². The summed E-state index contributed by atoms with van der Waals surface area (Å²) in [5.74, 6) is 0.603. The van der Waals surface area contributed by atoms with Gasteiger partial charge in [0.15, 0.2) is 0 Å². The lowest BCUT2D eigenvalue weighted by Crippen LogP contribution is -2.52. The van der Waals surface area contributed by atoms with Gasteiger partial charge in [-0.1, -0.05) is 0 Å². The molecule has 0 aromatic carbocycles. The molecule has 1 saturated heterocycles. The first-order chi connectivity index (χ1) is 13.5. The number of hydrogen-bond donors (Lipinski definition) is 0. The molecule has 0 spiro atoms. The Labute approximate surface area is 172 Å². The Kier molecular flexibility index (Phi) is 5.43. The van der Waals surface area contributed by atoms with Crippen LogP contribution < -0.4 is 4.90 Å². The highest BCUT2D eigenvalue weighted by Crippen LogP contribution is 2.33. The van der Waals surface area contributed by atoms with Gasteiger partial charge in [0.2, 0.25) is 5.95 Å². The molecule has 0 radical (unpaired) electrons. The monoisotopic (exact) mass is 436 g/mol. The van der Waals surface area contributed by atoms with E-state index < -0.39 is 10.2 Å². The van der Waals surface area contributed by atoms with Crippen LogP contribution in [0.2, 0.25) is 0 Å². The minimum absolute atomic E-state index is 0.405. The molecule has 0 atom stereocenters. The van der Waals surface area contributed by atoms with Crippen molar-refractivity contribution in [3.63, 3.8) is 0 Å². The number of rotatable bonds is 5. The lowest BCUT2D eigenvalue weighted by Gasteiger charge is -2.35. The topological polar surface area (TPSA) is 82.5 Å². The quantitative estimate of drug-likeness (QED) is 0.610. The Balaban J connectivity index is 1.61. The van der Waals surface area contributed by atoms with E-state index in [0.717, 1.165) is 21.8 Å².